The monoisotopic (exact) mass is 348 g/mol. The molecule has 7 heteroatoms. The molecule has 2 aromatic heterocycles. The molecule has 2 aromatic rings. The molecule has 0 fully saturated rings. The number of carbonyl (C=O) groups excluding carboxylic acids is 1. The molecule has 0 amide bonds. The molecule has 3 rings (SSSR count). The number of fused-ring (bicyclic) bond motifs is 1. The largest absolute Gasteiger partial charge is 0.464 e. The van der Waals surface area contributed by atoms with Gasteiger partial charge < -0.3 is 10.1 Å². The number of hydrogen-bond acceptors (Lipinski definition) is 6. The number of ether oxygens (including phenoxy) is 1. The van der Waals surface area contributed by atoms with Crippen LogP contribution in [0.1, 0.15) is 21.7 Å². The van der Waals surface area contributed by atoms with Crippen LogP contribution in [0.3, 0.4) is 0 Å². The number of esters is 1. The minimum Gasteiger partial charge on any atom is -0.464 e. The molecule has 0 bridgehead atoms. The molecule has 0 aliphatic carbocycles. The second-order valence-electron chi connectivity index (χ2n) is 4.63. The van der Waals surface area contributed by atoms with Crippen molar-refractivity contribution in [2.45, 2.75) is 13.0 Å². The molecule has 1 aliphatic heterocycles. The molecule has 3 heterocycles. The zero-order valence-electron chi connectivity index (χ0n) is 11.4. The van der Waals surface area contributed by atoms with E-state index in [-0.39, 0.29) is 0 Å². The van der Waals surface area contributed by atoms with Crippen molar-refractivity contribution in [2.75, 3.05) is 13.7 Å². The van der Waals surface area contributed by atoms with E-state index < -0.39 is 5.97 Å². The summed E-state index contributed by atoms with van der Waals surface area (Å²) in [6, 6.07) is 1.87. The molecule has 0 aromatic carbocycles. The Bertz CT molecular complexity index is 705. The van der Waals surface area contributed by atoms with Crippen LogP contribution in [0.5, 0.6) is 0 Å². The molecular formula is C14H13BrN4O2. The Morgan fingerprint density at radius 1 is 1.38 bits per heavy atom. The fourth-order valence-corrected chi connectivity index (χ4v) is 2.65. The predicted octanol–water partition coefficient (Wildman–Crippen LogP) is 1.73. The highest BCUT2D eigenvalue weighted by Crippen LogP contribution is 2.23. The van der Waals surface area contributed by atoms with Gasteiger partial charge >= 0.3 is 5.97 Å². The van der Waals surface area contributed by atoms with Crippen LogP contribution >= 0.6 is 15.9 Å². The van der Waals surface area contributed by atoms with Crippen molar-refractivity contribution in [3.63, 3.8) is 0 Å². The number of pyridine rings is 1. The number of nitrogens with zero attached hydrogens (tertiary/aromatic N) is 3. The maximum atomic E-state index is 12.0. The zero-order chi connectivity index (χ0) is 14.8. The van der Waals surface area contributed by atoms with E-state index in [2.05, 4.69) is 36.2 Å². The lowest BCUT2D eigenvalue weighted by molar-refractivity contribution is 0.0592. The van der Waals surface area contributed by atoms with E-state index in [0.29, 0.717) is 18.1 Å². The van der Waals surface area contributed by atoms with Gasteiger partial charge in [-0.2, -0.15) is 0 Å². The summed E-state index contributed by atoms with van der Waals surface area (Å²) in [4.78, 5) is 25.0. The third-order valence-corrected chi connectivity index (χ3v) is 3.71. The average Bonchev–Trinajstić information content (AvgIpc) is 2.53. The van der Waals surface area contributed by atoms with Gasteiger partial charge in [0.15, 0.2) is 11.5 Å². The van der Waals surface area contributed by atoms with Gasteiger partial charge in [0.05, 0.1) is 12.8 Å². The van der Waals surface area contributed by atoms with Crippen molar-refractivity contribution in [3.8, 4) is 11.4 Å². The lowest BCUT2D eigenvalue weighted by Gasteiger charge is -2.19. The number of halogens is 1. The first-order valence-electron chi connectivity index (χ1n) is 6.49. The van der Waals surface area contributed by atoms with Crippen molar-refractivity contribution in [1.29, 1.82) is 0 Å². The summed E-state index contributed by atoms with van der Waals surface area (Å²) in [5, 5.41) is 3.25. The Morgan fingerprint density at radius 3 is 3.00 bits per heavy atom. The van der Waals surface area contributed by atoms with Gasteiger partial charge in [-0.3, -0.25) is 4.98 Å². The minimum atomic E-state index is -0.431. The molecule has 6 nitrogen and oxygen atoms in total. The van der Waals surface area contributed by atoms with Gasteiger partial charge in [-0.05, 0) is 35.0 Å². The van der Waals surface area contributed by atoms with E-state index in [1.54, 1.807) is 12.4 Å². The standard InChI is InChI=1S/C14H13BrN4O2/c1-21-14(20)12-10-2-3-16-7-11(10)18-13(19-12)8-4-9(15)6-17-5-8/h4-6,16H,2-3,7H2,1H3. The van der Waals surface area contributed by atoms with Crippen molar-refractivity contribution >= 4 is 21.9 Å². The smallest absolute Gasteiger partial charge is 0.357 e. The maximum Gasteiger partial charge on any atom is 0.357 e. The lowest BCUT2D eigenvalue weighted by atomic mass is 10.0. The van der Waals surface area contributed by atoms with E-state index in [4.69, 9.17) is 4.74 Å². The van der Waals surface area contributed by atoms with E-state index in [1.165, 1.54) is 7.11 Å². The Balaban J connectivity index is 2.16. The zero-order valence-corrected chi connectivity index (χ0v) is 13.0. The number of aromatic nitrogens is 3. The van der Waals surface area contributed by atoms with Gasteiger partial charge in [-0.1, -0.05) is 0 Å². The van der Waals surface area contributed by atoms with Gasteiger partial charge in [-0.15, -0.1) is 0 Å². The fourth-order valence-electron chi connectivity index (χ4n) is 2.29. The van der Waals surface area contributed by atoms with Crippen LogP contribution in [0.2, 0.25) is 0 Å². The normalized spacial score (nSPS) is 13.6. The second-order valence-corrected chi connectivity index (χ2v) is 5.55. The highest BCUT2D eigenvalue weighted by atomic mass is 79.9. The van der Waals surface area contributed by atoms with E-state index >= 15 is 0 Å². The third kappa shape index (κ3) is 2.79. The van der Waals surface area contributed by atoms with E-state index in [0.717, 1.165) is 34.3 Å². The summed E-state index contributed by atoms with van der Waals surface area (Å²) in [6.45, 7) is 1.43. The van der Waals surface area contributed by atoms with Crippen molar-refractivity contribution in [2.24, 2.45) is 0 Å². The molecule has 0 atom stereocenters. The summed E-state index contributed by atoms with van der Waals surface area (Å²) in [5.41, 5.74) is 2.81. The summed E-state index contributed by atoms with van der Waals surface area (Å²) in [6.07, 6.45) is 4.07. The predicted molar refractivity (Wildman–Crippen MR) is 79.7 cm³/mol. The van der Waals surface area contributed by atoms with Crippen LogP contribution in [-0.4, -0.2) is 34.6 Å². The number of rotatable bonds is 2. The maximum absolute atomic E-state index is 12.0. The molecular weight excluding hydrogens is 336 g/mol. The highest BCUT2D eigenvalue weighted by molar-refractivity contribution is 9.10. The molecule has 1 N–H and O–H groups in total. The van der Waals surface area contributed by atoms with Crippen LogP contribution in [-0.2, 0) is 17.7 Å². The number of carbonyl (C=O) groups is 1. The van der Waals surface area contributed by atoms with E-state index in [1.807, 2.05) is 6.07 Å². The first-order valence-corrected chi connectivity index (χ1v) is 7.28. The average molecular weight is 349 g/mol. The molecule has 1 aliphatic rings. The Kier molecular flexibility index (Phi) is 3.94. The Labute approximate surface area is 130 Å². The molecule has 0 radical (unpaired) electrons. The van der Waals surface area contributed by atoms with Crippen LogP contribution in [0.25, 0.3) is 11.4 Å². The first-order chi connectivity index (χ1) is 10.2. The quantitative estimate of drug-likeness (QED) is 0.833. The second kappa shape index (κ2) is 5.87. The Hall–Kier alpha value is -1.86. The molecule has 0 saturated carbocycles. The van der Waals surface area contributed by atoms with Gasteiger partial charge in [0.25, 0.3) is 0 Å². The van der Waals surface area contributed by atoms with Crippen LogP contribution in [0, 0.1) is 0 Å². The first kappa shape index (κ1) is 14.1. The van der Waals surface area contributed by atoms with Crippen molar-refractivity contribution in [1.82, 2.24) is 20.3 Å². The third-order valence-electron chi connectivity index (χ3n) is 3.28. The Morgan fingerprint density at radius 2 is 2.24 bits per heavy atom. The van der Waals surface area contributed by atoms with Gasteiger partial charge in [0.2, 0.25) is 0 Å². The topological polar surface area (TPSA) is 77.0 Å². The van der Waals surface area contributed by atoms with Crippen LogP contribution in [0.15, 0.2) is 22.9 Å². The number of methoxy groups -OCH3 is 1. The van der Waals surface area contributed by atoms with Crippen LogP contribution in [0.4, 0.5) is 0 Å². The number of hydrogen-bond donors (Lipinski definition) is 1. The molecule has 0 spiro atoms. The summed E-state index contributed by atoms with van der Waals surface area (Å²) in [5.74, 6) is 0.0476. The van der Waals surface area contributed by atoms with Gasteiger partial charge in [0.1, 0.15) is 0 Å². The van der Waals surface area contributed by atoms with Gasteiger partial charge in [-0.25, -0.2) is 14.8 Å². The summed E-state index contributed by atoms with van der Waals surface area (Å²) in [7, 11) is 1.36. The van der Waals surface area contributed by atoms with Crippen molar-refractivity contribution in [3.05, 3.63) is 39.9 Å². The SMILES string of the molecule is COC(=O)c1nc(-c2cncc(Br)c2)nc2c1CCNC2. The fraction of sp³-hybridized carbons (Fsp3) is 0.286. The molecule has 108 valence electrons. The van der Waals surface area contributed by atoms with Crippen molar-refractivity contribution < 1.29 is 9.53 Å². The molecule has 0 saturated heterocycles. The summed E-state index contributed by atoms with van der Waals surface area (Å²) >= 11 is 3.37. The minimum absolute atomic E-state index is 0.346. The summed E-state index contributed by atoms with van der Waals surface area (Å²) < 4.78 is 5.67. The van der Waals surface area contributed by atoms with Gasteiger partial charge in [0, 0.05) is 34.5 Å². The molecule has 0 unspecified atom stereocenters. The number of nitrogens with one attached hydrogen (secondary N) is 1. The highest BCUT2D eigenvalue weighted by Gasteiger charge is 2.23. The molecule has 21 heavy (non-hydrogen) atoms. The lowest BCUT2D eigenvalue weighted by Crippen LogP contribution is -2.28. The van der Waals surface area contributed by atoms with Crippen LogP contribution < -0.4 is 5.32 Å². The van der Waals surface area contributed by atoms with E-state index in [9.17, 15) is 4.79 Å².